The molecule has 0 saturated heterocycles. The summed E-state index contributed by atoms with van der Waals surface area (Å²) < 4.78 is 0. The van der Waals surface area contributed by atoms with Crippen molar-refractivity contribution in [3.05, 3.63) is 29.3 Å². The zero-order valence-electron chi connectivity index (χ0n) is 10.2. The minimum atomic E-state index is 0. The van der Waals surface area contributed by atoms with Gasteiger partial charge in [0.1, 0.15) is 0 Å². The summed E-state index contributed by atoms with van der Waals surface area (Å²) in [7, 11) is 0. The average Bonchev–Trinajstić information content (AvgIpc) is 2.27. The number of nitrogens with one attached hydrogen (secondary N) is 1. The van der Waals surface area contributed by atoms with Crippen molar-refractivity contribution < 1.29 is 4.79 Å². The van der Waals surface area contributed by atoms with Crippen LogP contribution in [0.25, 0.3) is 0 Å². The van der Waals surface area contributed by atoms with Gasteiger partial charge >= 0.3 is 0 Å². The van der Waals surface area contributed by atoms with Crippen LogP contribution in [0.15, 0.2) is 29.2 Å². The van der Waals surface area contributed by atoms with Crippen LogP contribution in [0.1, 0.15) is 13.3 Å². The van der Waals surface area contributed by atoms with Crippen LogP contribution in [0.5, 0.6) is 0 Å². The fraction of sp³-hybridized carbons (Fsp3) is 0.417. The normalized spacial score (nSPS) is 11.5. The highest BCUT2D eigenvalue weighted by Gasteiger charge is 2.05. The SMILES string of the molecule is CC(N)CCNC(=O)CSc1ccccc1Cl.Cl. The second-order valence-corrected chi connectivity index (χ2v) is 5.26. The van der Waals surface area contributed by atoms with Gasteiger partial charge in [0.2, 0.25) is 5.91 Å². The molecule has 102 valence electrons. The maximum absolute atomic E-state index is 11.5. The Balaban J connectivity index is 0.00000289. The lowest BCUT2D eigenvalue weighted by atomic mass is 10.2. The summed E-state index contributed by atoms with van der Waals surface area (Å²) in [4.78, 5) is 12.4. The Bertz CT molecular complexity index is 375. The lowest BCUT2D eigenvalue weighted by Gasteiger charge is -2.07. The third kappa shape index (κ3) is 7.11. The average molecular weight is 309 g/mol. The molecule has 0 aromatic heterocycles. The van der Waals surface area contributed by atoms with Gasteiger partial charge in [0, 0.05) is 17.5 Å². The first-order valence-corrected chi connectivity index (χ1v) is 6.85. The monoisotopic (exact) mass is 308 g/mol. The van der Waals surface area contributed by atoms with E-state index in [0.29, 0.717) is 17.3 Å². The number of rotatable bonds is 6. The number of benzene rings is 1. The first kappa shape index (κ1) is 17.6. The van der Waals surface area contributed by atoms with Gasteiger partial charge in [-0.2, -0.15) is 0 Å². The zero-order valence-corrected chi connectivity index (χ0v) is 12.6. The van der Waals surface area contributed by atoms with E-state index in [9.17, 15) is 4.79 Å². The van der Waals surface area contributed by atoms with E-state index in [1.54, 1.807) is 0 Å². The minimum Gasteiger partial charge on any atom is -0.355 e. The summed E-state index contributed by atoms with van der Waals surface area (Å²) in [6, 6.07) is 7.61. The van der Waals surface area contributed by atoms with E-state index in [0.717, 1.165) is 11.3 Å². The van der Waals surface area contributed by atoms with Gasteiger partial charge in [-0.1, -0.05) is 23.7 Å². The van der Waals surface area contributed by atoms with E-state index in [1.165, 1.54) is 11.8 Å². The van der Waals surface area contributed by atoms with E-state index in [-0.39, 0.29) is 24.4 Å². The zero-order chi connectivity index (χ0) is 12.7. The Kier molecular flexibility index (Phi) is 9.28. The lowest BCUT2D eigenvalue weighted by molar-refractivity contribution is -0.118. The van der Waals surface area contributed by atoms with Crippen molar-refractivity contribution in [3.63, 3.8) is 0 Å². The number of thioether (sulfide) groups is 1. The summed E-state index contributed by atoms with van der Waals surface area (Å²) in [5.41, 5.74) is 5.59. The van der Waals surface area contributed by atoms with Crippen molar-refractivity contribution in [3.8, 4) is 0 Å². The van der Waals surface area contributed by atoms with Gasteiger partial charge in [-0.25, -0.2) is 0 Å². The van der Waals surface area contributed by atoms with Crippen molar-refractivity contribution >= 4 is 41.7 Å². The molecule has 1 aromatic carbocycles. The molecule has 0 aliphatic carbocycles. The van der Waals surface area contributed by atoms with Crippen LogP contribution < -0.4 is 11.1 Å². The lowest BCUT2D eigenvalue weighted by Crippen LogP contribution is -2.30. The van der Waals surface area contributed by atoms with Crippen LogP contribution in [0, 0.1) is 0 Å². The number of carbonyl (C=O) groups excluding carboxylic acids is 1. The molecule has 3 N–H and O–H groups in total. The quantitative estimate of drug-likeness (QED) is 0.795. The molecule has 0 bridgehead atoms. The molecule has 0 radical (unpaired) electrons. The smallest absolute Gasteiger partial charge is 0.230 e. The molecule has 0 heterocycles. The van der Waals surface area contributed by atoms with Crippen molar-refractivity contribution in [1.29, 1.82) is 0 Å². The number of nitrogens with two attached hydrogens (primary N) is 1. The molecule has 1 rings (SSSR count). The maximum atomic E-state index is 11.5. The van der Waals surface area contributed by atoms with Crippen molar-refractivity contribution in [1.82, 2.24) is 5.32 Å². The molecule has 18 heavy (non-hydrogen) atoms. The van der Waals surface area contributed by atoms with Gasteiger partial charge in [-0.05, 0) is 25.5 Å². The number of halogens is 2. The fourth-order valence-electron chi connectivity index (χ4n) is 1.20. The third-order valence-corrected chi connectivity index (χ3v) is 3.63. The summed E-state index contributed by atoms with van der Waals surface area (Å²) in [6.07, 6.45) is 0.794. The van der Waals surface area contributed by atoms with E-state index < -0.39 is 0 Å². The molecule has 0 spiro atoms. The molecule has 3 nitrogen and oxygen atoms in total. The number of amides is 1. The van der Waals surface area contributed by atoms with Crippen LogP contribution in [0.4, 0.5) is 0 Å². The highest BCUT2D eigenvalue weighted by Crippen LogP contribution is 2.26. The highest BCUT2D eigenvalue weighted by molar-refractivity contribution is 8.00. The predicted molar refractivity (Wildman–Crippen MR) is 80.7 cm³/mol. The van der Waals surface area contributed by atoms with Gasteiger partial charge in [0.15, 0.2) is 0 Å². The summed E-state index contributed by atoms with van der Waals surface area (Å²) in [6.45, 7) is 2.55. The third-order valence-electron chi connectivity index (χ3n) is 2.12. The second-order valence-electron chi connectivity index (χ2n) is 3.84. The molecule has 0 saturated carbocycles. The van der Waals surface area contributed by atoms with Crippen LogP contribution in [0.3, 0.4) is 0 Å². The van der Waals surface area contributed by atoms with Crippen molar-refractivity contribution in [2.75, 3.05) is 12.3 Å². The second kappa shape index (κ2) is 9.50. The Morgan fingerprint density at radius 3 is 2.78 bits per heavy atom. The summed E-state index contributed by atoms with van der Waals surface area (Å²) in [5, 5.41) is 3.50. The number of hydrogen-bond acceptors (Lipinski definition) is 3. The molecule has 1 amide bonds. The van der Waals surface area contributed by atoms with E-state index >= 15 is 0 Å². The molecule has 0 aliphatic rings. The molecule has 1 atom stereocenters. The number of hydrogen-bond donors (Lipinski definition) is 2. The summed E-state index contributed by atoms with van der Waals surface area (Å²) in [5.74, 6) is 0.387. The Morgan fingerprint density at radius 2 is 2.17 bits per heavy atom. The van der Waals surface area contributed by atoms with Gasteiger partial charge in [-0.3, -0.25) is 4.79 Å². The maximum Gasteiger partial charge on any atom is 0.230 e. The molecular formula is C12H18Cl2N2OS. The first-order chi connectivity index (χ1) is 8.09. The van der Waals surface area contributed by atoms with Gasteiger partial charge in [-0.15, -0.1) is 24.2 Å². The van der Waals surface area contributed by atoms with Gasteiger partial charge in [0.05, 0.1) is 10.8 Å². The van der Waals surface area contributed by atoms with Gasteiger partial charge in [0.25, 0.3) is 0 Å². The molecular weight excluding hydrogens is 291 g/mol. The molecule has 1 aromatic rings. The van der Waals surface area contributed by atoms with E-state index in [2.05, 4.69) is 5.32 Å². The van der Waals surface area contributed by atoms with Crippen LogP contribution in [-0.4, -0.2) is 24.2 Å². The Hall–Kier alpha value is -0.420. The predicted octanol–water partition coefficient (Wildman–Crippen LogP) is 2.71. The molecule has 6 heteroatoms. The minimum absolute atomic E-state index is 0. The molecule has 0 aliphatic heterocycles. The summed E-state index contributed by atoms with van der Waals surface area (Å²) >= 11 is 7.42. The van der Waals surface area contributed by atoms with Crippen molar-refractivity contribution in [2.24, 2.45) is 5.73 Å². The van der Waals surface area contributed by atoms with E-state index in [1.807, 2.05) is 31.2 Å². The molecule has 1 unspecified atom stereocenters. The molecule has 0 fully saturated rings. The Morgan fingerprint density at radius 1 is 1.50 bits per heavy atom. The van der Waals surface area contributed by atoms with Crippen LogP contribution in [0.2, 0.25) is 5.02 Å². The van der Waals surface area contributed by atoms with Crippen LogP contribution >= 0.6 is 35.8 Å². The standard InChI is InChI=1S/C12H17ClN2OS.ClH/c1-9(14)6-7-15-12(16)8-17-11-5-3-2-4-10(11)13;/h2-5,9H,6-8,14H2,1H3,(H,15,16);1H. The topological polar surface area (TPSA) is 55.1 Å². The Labute approximate surface area is 123 Å². The van der Waals surface area contributed by atoms with E-state index in [4.69, 9.17) is 17.3 Å². The first-order valence-electron chi connectivity index (χ1n) is 5.49. The largest absolute Gasteiger partial charge is 0.355 e. The van der Waals surface area contributed by atoms with Crippen molar-refractivity contribution in [2.45, 2.75) is 24.3 Å². The number of carbonyl (C=O) groups is 1. The highest BCUT2D eigenvalue weighted by atomic mass is 35.5. The van der Waals surface area contributed by atoms with Crippen LogP contribution in [-0.2, 0) is 4.79 Å². The fourth-order valence-corrected chi connectivity index (χ4v) is 2.26. The van der Waals surface area contributed by atoms with Gasteiger partial charge < -0.3 is 11.1 Å².